The molecule has 0 atom stereocenters. The molecular formula is C26H28ClN5O. The molecule has 3 heterocycles. The molecule has 2 aromatic carbocycles. The Hall–Kier alpha value is -3.12. The lowest BCUT2D eigenvalue weighted by Crippen LogP contribution is -2.51. The zero-order valence-corrected chi connectivity index (χ0v) is 19.4. The molecule has 7 heteroatoms. The van der Waals surface area contributed by atoms with Crippen LogP contribution in [0.1, 0.15) is 12.8 Å². The number of hydrogen-bond donors (Lipinski definition) is 0. The van der Waals surface area contributed by atoms with Gasteiger partial charge in [-0.3, -0.25) is 4.79 Å². The molecule has 0 radical (unpaired) electrons. The molecule has 0 spiro atoms. The normalized spacial score (nSPS) is 17.3. The molecule has 1 amide bonds. The first-order chi connectivity index (χ1) is 16.2. The average molecular weight is 462 g/mol. The highest BCUT2D eigenvalue weighted by Crippen LogP contribution is 2.28. The Morgan fingerprint density at radius 3 is 2.12 bits per heavy atom. The van der Waals surface area contributed by atoms with Crippen molar-refractivity contribution in [1.29, 1.82) is 0 Å². The summed E-state index contributed by atoms with van der Waals surface area (Å²) in [5, 5.41) is 9.62. The smallest absolute Gasteiger partial charge is 0.225 e. The van der Waals surface area contributed by atoms with Crippen molar-refractivity contribution in [3.05, 3.63) is 71.8 Å². The largest absolute Gasteiger partial charge is 0.367 e. The number of amides is 1. The van der Waals surface area contributed by atoms with Crippen LogP contribution < -0.4 is 9.80 Å². The standard InChI is InChI=1S/C26H28ClN5O/c27-22-8-4-5-9-24(22)30-16-18-32(19-17-30)26(33)21-12-14-31(15-13-21)25-11-10-23(28-29-25)20-6-2-1-3-7-20/h1-11,21H,12-19H2. The summed E-state index contributed by atoms with van der Waals surface area (Å²) in [6, 6.07) is 22.0. The summed E-state index contributed by atoms with van der Waals surface area (Å²) in [6.07, 6.45) is 1.71. The number of carbonyl (C=O) groups excluding carboxylic acids is 1. The van der Waals surface area contributed by atoms with Crippen molar-refractivity contribution >= 4 is 29.0 Å². The second-order valence-electron chi connectivity index (χ2n) is 8.67. The maximum absolute atomic E-state index is 13.1. The Labute approximate surface area is 199 Å². The van der Waals surface area contributed by atoms with E-state index in [9.17, 15) is 4.79 Å². The lowest BCUT2D eigenvalue weighted by atomic mass is 9.95. The first-order valence-corrected chi connectivity index (χ1v) is 12.0. The Morgan fingerprint density at radius 2 is 1.45 bits per heavy atom. The lowest BCUT2D eigenvalue weighted by molar-refractivity contribution is -0.136. The number of para-hydroxylation sites is 1. The van der Waals surface area contributed by atoms with Crippen LogP contribution >= 0.6 is 11.6 Å². The molecule has 0 N–H and O–H groups in total. The van der Waals surface area contributed by atoms with Crippen LogP contribution in [0.15, 0.2) is 66.7 Å². The fourth-order valence-corrected chi connectivity index (χ4v) is 5.00. The minimum atomic E-state index is 0.0877. The summed E-state index contributed by atoms with van der Waals surface area (Å²) in [5.74, 6) is 1.26. The number of benzene rings is 2. The minimum absolute atomic E-state index is 0.0877. The molecule has 6 nitrogen and oxygen atoms in total. The molecule has 0 unspecified atom stereocenters. The van der Waals surface area contributed by atoms with Crippen LogP contribution in [0.2, 0.25) is 5.02 Å². The van der Waals surface area contributed by atoms with E-state index in [1.807, 2.05) is 71.6 Å². The van der Waals surface area contributed by atoms with Gasteiger partial charge >= 0.3 is 0 Å². The topological polar surface area (TPSA) is 52.6 Å². The molecule has 0 aliphatic carbocycles. The van der Waals surface area contributed by atoms with Gasteiger partial charge in [-0.15, -0.1) is 10.2 Å². The minimum Gasteiger partial charge on any atom is -0.367 e. The molecule has 2 fully saturated rings. The Balaban J connectivity index is 1.13. The Morgan fingerprint density at radius 1 is 0.758 bits per heavy atom. The second-order valence-corrected chi connectivity index (χ2v) is 9.08. The van der Waals surface area contributed by atoms with Crippen molar-refractivity contribution < 1.29 is 4.79 Å². The fourth-order valence-electron chi connectivity index (χ4n) is 4.75. The molecule has 33 heavy (non-hydrogen) atoms. The maximum atomic E-state index is 13.1. The molecule has 3 aromatic rings. The van der Waals surface area contributed by atoms with Crippen molar-refractivity contribution in [2.45, 2.75) is 12.8 Å². The number of anilines is 2. The van der Waals surface area contributed by atoms with Crippen LogP contribution in [-0.2, 0) is 4.79 Å². The highest BCUT2D eigenvalue weighted by Gasteiger charge is 2.31. The first kappa shape index (κ1) is 21.7. The third kappa shape index (κ3) is 4.81. The molecule has 0 bridgehead atoms. The molecule has 2 aliphatic heterocycles. The van der Waals surface area contributed by atoms with Crippen molar-refractivity contribution in [1.82, 2.24) is 15.1 Å². The number of piperazine rings is 1. The van der Waals surface area contributed by atoms with E-state index < -0.39 is 0 Å². The summed E-state index contributed by atoms with van der Waals surface area (Å²) in [5.41, 5.74) is 3.00. The highest BCUT2D eigenvalue weighted by atomic mass is 35.5. The van der Waals surface area contributed by atoms with E-state index in [0.717, 1.165) is 79.9 Å². The molecule has 2 saturated heterocycles. The average Bonchev–Trinajstić information content (AvgIpc) is 2.89. The van der Waals surface area contributed by atoms with Gasteiger partial charge in [-0.1, -0.05) is 54.1 Å². The van der Waals surface area contributed by atoms with E-state index in [1.165, 1.54) is 0 Å². The van der Waals surface area contributed by atoms with Crippen molar-refractivity contribution in [2.75, 3.05) is 49.1 Å². The van der Waals surface area contributed by atoms with Crippen LogP contribution in [0.4, 0.5) is 11.5 Å². The monoisotopic (exact) mass is 461 g/mol. The summed E-state index contributed by atoms with van der Waals surface area (Å²) in [4.78, 5) is 19.7. The highest BCUT2D eigenvalue weighted by molar-refractivity contribution is 6.33. The van der Waals surface area contributed by atoms with E-state index in [-0.39, 0.29) is 5.92 Å². The van der Waals surface area contributed by atoms with Gasteiger partial charge in [0, 0.05) is 50.7 Å². The zero-order chi connectivity index (χ0) is 22.6. The number of nitrogens with zero attached hydrogens (tertiary/aromatic N) is 5. The molecule has 0 saturated carbocycles. The summed E-state index contributed by atoms with van der Waals surface area (Å²) in [7, 11) is 0. The predicted octanol–water partition coefficient (Wildman–Crippen LogP) is 4.36. The van der Waals surface area contributed by atoms with Crippen LogP contribution in [0, 0.1) is 5.92 Å². The summed E-state index contributed by atoms with van der Waals surface area (Å²) < 4.78 is 0. The van der Waals surface area contributed by atoms with Gasteiger partial charge in [0.05, 0.1) is 16.4 Å². The molecule has 1 aromatic heterocycles. The van der Waals surface area contributed by atoms with E-state index >= 15 is 0 Å². The number of piperidine rings is 1. The number of halogens is 1. The third-order valence-electron chi connectivity index (χ3n) is 6.67. The van der Waals surface area contributed by atoms with E-state index in [1.54, 1.807) is 0 Å². The summed E-state index contributed by atoms with van der Waals surface area (Å²) in [6.45, 7) is 4.79. The van der Waals surface area contributed by atoms with Crippen molar-refractivity contribution in [3.8, 4) is 11.3 Å². The van der Waals surface area contributed by atoms with Crippen LogP contribution in [-0.4, -0.2) is 60.3 Å². The van der Waals surface area contributed by atoms with Crippen LogP contribution in [0.5, 0.6) is 0 Å². The van der Waals surface area contributed by atoms with Gasteiger partial charge in [-0.25, -0.2) is 0 Å². The number of rotatable bonds is 4. The van der Waals surface area contributed by atoms with Gasteiger partial charge in [0.15, 0.2) is 5.82 Å². The van der Waals surface area contributed by atoms with E-state index in [0.29, 0.717) is 5.91 Å². The molecule has 170 valence electrons. The maximum Gasteiger partial charge on any atom is 0.225 e. The van der Waals surface area contributed by atoms with Gasteiger partial charge in [-0.2, -0.15) is 0 Å². The lowest BCUT2D eigenvalue weighted by Gasteiger charge is -2.39. The SMILES string of the molecule is O=C(C1CCN(c2ccc(-c3ccccc3)nn2)CC1)N1CCN(c2ccccc2Cl)CC1. The number of aromatic nitrogens is 2. The van der Waals surface area contributed by atoms with Gasteiger partial charge in [0.25, 0.3) is 0 Å². The Kier molecular flexibility index (Phi) is 6.44. The van der Waals surface area contributed by atoms with Gasteiger partial charge in [0.2, 0.25) is 5.91 Å². The summed E-state index contributed by atoms with van der Waals surface area (Å²) >= 11 is 6.35. The number of hydrogen-bond acceptors (Lipinski definition) is 5. The van der Waals surface area contributed by atoms with Gasteiger partial charge in [0.1, 0.15) is 0 Å². The third-order valence-corrected chi connectivity index (χ3v) is 6.99. The van der Waals surface area contributed by atoms with Crippen LogP contribution in [0.25, 0.3) is 11.3 Å². The molecule has 5 rings (SSSR count). The van der Waals surface area contributed by atoms with Crippen molar-refractivity contribution in [3.63, 3.8) is 0 Å². The fraction of sp³-hybridized carbons (Fsp3) is 0.346. The molecular weight excluding hydrogens is 434 g/mol. The van der Waals surface area contributed by atoms with E-state index in [4.69, 9.17) is 11.6 Å². The predicted molar refractivity (Wildman–Crippen MR) is 133 cm³/mol. The quantitative estimate of drug-likeness (QED) is 0.577. The zero-order valence-electron chi connectivity index (χ0n) is 18.6. The second kappa shape index (κ2) is 9.79. The van der Waals surface area contributed by atoms with E-state index in [2.05, 4.69) is 20.0 Å². The van der Waals surface area contributed by atoms with Crippen molar-refractivity contribution in [2.24, 2.45) is 5.92 Å². The Bertz CT molecular complexity index is 1080. The molecule has 2 aliphatic rings. The first-order valence-electron chi connectivity index (χ1n) is 11.6. The number of carbonyl (C=O) groups is 1. The van der Waals surface area contributed by atoms with Crippen LogP contribution in [0.3, 0.4) is 0 Å². The van der Waals surface area contributed by atoms with Gasteiger partial charge < -0.3 is 14.7 Å². The van der Waals surface area contributed by atoms with Gasteiger partial charge in [-0.05, 0) is 37.1 Å².